The molecule has 0 spiro atoms. The van der Waals surface area contributed by atoms with Crippen molar-refractivity contribution in [1.82, 2.24) is 0 Å². The molecule has 2 nitrogen and oxygen atoms in total. The van der Waals surface area contributed by atoms with Gasteiger partial charge in [-0.1, -0.05) is 30.9 Å². The minimum atomic E-state index is -0.0670. The lowest BCUT2D eigenvalue weighted by molar-refractivity contribution is 0.101. The summed E-state index contributed by atoms with van der Waals surface area (Å²) in [7, 11) is 0. The van der Waals surface area contributed by atoms with Gasteiger partial charge >= 0.3 is 0 Å². The van der Waals surface area contributed by atoms with Gasteiger partial charge in [-0.25, -0.2) is 0 Å². The maximum absolute atomic E-state index is 11.2. The van der Waals surface area contributed by atoms with Gasteiger partial charge in [0.2, 0.25) is 0 Å². The number of hydrogen-bond donors (Lipinski definition) is 1. The number of ketones is 1. The summed E-state index contributed by atoms with van der Waals surface area (Å²) in [5, 5.41) is 9.00. The number of rotatable bonds is 3. The van der Waals surface area contributed by atoms with Crippen molar-refractivity contribution in [1.29, 1.82) is 0 Å². The van der Waals surface area contributed by atoms with Crippen molar-refractivity contribution >= 4 is 11.9 Å². The van der Waals surface area contributed by atoms with Crippen molar-refractivity contribution in [2.75, 3.05) is 0 Å². The van der Waals surface area contributed by atoms with E-state index in [9.17, 15) is 4.79 Å². The molecule has 0 bridgehead atoms. The Bertz CT molecular complexity index is 340. The fourth-order valence-corrected chi connectivity index (χ4v) is 1.30. The fraction of sp³-hybridized carbons (Fsp3) is 0.182. The number of aliphatic hydroxyl groups excluding tert-OH is 1. The van der Waals surface area contributed by atoms with Crippen LogP contribution in [0.5, 0.6) is 0 Å². The topological polar surface area (TPSA) is 37.3 Å². The molecule has 68 valence electrons. The molecule has 0 fully saturated rings. The SMILES string of the molecule is C=Cc1c(CO)cccc1C(C)=O. The van der Waals surface area contributed by atoms with E-state index < -0.39 is 0 Å². The van der Waals surface area contributed by atoms with E-state index in [2.05, 4.69) is 6.58 Å². The summed E-state index contributed by atoms with van der Waals surface area (Å²) in [5.41, 5.74) is 2.08. The summed E-state index contributed by atoms with van der Waals surface area (Å²) in [6, 6.07) is 5.28. The molecule has 0 heterocycles. The first-order valence-electron chi connectivity index (χ1n) is 4.06. The molecule has 0 amide bonds. The molecule has 0 aliphatic heterocycles. The molecular formula is C11H12O2. The minimum Gasteiger partial charge on any atom is -0.392 e. The van der Waals surface area contributed by atoms with Gasteiger partial charge in [0.15, 0.2) is 5.78 Å². The highest BCUT2D eigenvalue weighted by molar-refractivity contribution is 5.98. The van der Waals surface area contributed by atoms with E-state index in [0.29, 0.717) is 5.56 Å². The van der Waals surface area contributed by atoms with Crippen LogP contribution in [0.25, 0.3) is 6.08 Å². The quantitative estimate of drug-likeness (QED) is 0.715. The molecule has 2 heteroatoms. The Hall–Kier alpha value is -1.41. The lowest BCUT2D eigenvalue weighted by Gasteiger charge is -2.06. The Morgan fingerprint density at radius 1 is 1.62 bits per heavy atom. The standard InChI is InChI=1S/C11H12O2/c1-3-10-9(7-12)5-4-6-11(10)8(2)13/h3-6,12H,1,7H2,2H3. The molecule has 1 rings (SSSR count). The molecule has 0 aliphatic carbocycles. The first kappa shape index (κ1) is 9.68. The van der Waals surface area contributed by atoms with Crippen LogP contribution in [0.2, 0.25) is 0 Å². The number of carbonyl (C=O) groups is 1. The van der Waals surface area contributed by atoms with Crippen LogP contribution in [0.4, 0.5) is 0 Å². The lowest BCUT2D eigenvalue weighted by atomic mass is 9.99. The summed E-state index contributed by atoms with van der Waals surface area (Å²) in [5.74, 6) is -0.00907. The van der Waals surface area contributed by atoms with Gasteiger partial charge in [-0.2, -0.15) is 0 Å². The first-order chi connectivity index (χ1) is 6.20. The molecule has 1 aromatic rings. The molecular weight excluding hydrogens is 164 g/mol. The smallest absolute Gasteiger partial charge is 0.160 e. The second-order valence-electron chi connectivity index (χ2n) is 2.80. The number of Topliss-reactive ketones (excluding diaryl/α,β-unsaturated/α-hetero) is 1. The summed E-state index contributed by atoms with van der Waals surface area (Å²) in [4.78, 5) is 11.2. The van der Waals surface area contributed by atoms with Gasteiger partial charge in [-0.3, -0.25) is 4.79 Å². The minimum absolute atomic E-state index is 0.00907. The third kappa shape index (κ3) is 1.84. The van der Waals surface area contributed by atoms with Crippen LogP contribution in [0, 0.1) is 0 Å². The number of hydrogen-bond acceptors (Lipinski definition) is 2. The fourth-order valence-electron chi connectivity index (χ4n) is 1.30. The van der Waals surface area contributed by atoms with Gasteiger partial charge in [0.25, 0.3) is 0 Å². The Labute approximate surface area is 77.5 Å². The third-order valence-electron chi connectivity index (χ3n) is 1.95. The first-order valence-corrected chi connectivity index (χ1v) is 4.06. The summed E-state index contributed by atoms with van der Waals surface area (Å²) in [6.07, 6.45) is 1.60. The number of benzene rings is 1. The molecule has 0 radical (unpaired) electrons. The van der Waals surface area contributed by atoms with Crippen molar-refractivity contribution in [2.24, 2.45) is 0 Å². The summed E-state index contributed by atoms with van der Waals surface area (Å²) >= 11 is 0. The Balaban J connectivity index is 3.35. The van der Waals surface area contributed by atoms with Crippen LogP contribution in [0.3, 0.4) is 0 Å². The van der Waals surface area contributed by atoms with E-state index in [4.69, 9.17) is 5.11 Å². The average Bonchev–Trinajstić information content (AvgIpc) is 2.16. The average molecular weight is 176 g/mol. The zero-order valence-corrected chi connectivity index (χ0v) is 7.58. The molecule has 0 saturated carbocycles. The van der Waals surface area contributed by atoms with Crippen molar-refractivity contribution in [3.63, 3.8) is 0 Å². The van der Waals surface area contributed by atoms with Crippen molar-refractivity contribution in [3.8, 4) is 0 Å². The molecule has 0 unspecified atom stereocenters. The predicted octanol–water partition coefficient (Wildman–Crippen LogP) is 2.02. The maximum Gasteiger partial charge on any atom is 0.160 e. The second-order valence-corrected chi connectivity index (χ2v) is 2.80. The molecule has 1 N–H and O–H groups in total. The van der Waals surface area contributed by atoms with Crippen molar-refractivity contribution in [3.05, 3.63) is 41.5 Å². The van der Waals surface area contributed by atoms with Crippen molar-refractivity contribution < 1.29 is 9.90 Å². The van der Waals surface area contributed by atoms with Crippen LogP contribution in [-0.4, -0.2) is 10.9 Å². The number of carbonyl (C=O) groups excluding carboxylic acids is 1. The largest absolute Gasteiger partial charge is 0.392 e. The van der Waals surface area contributed by atoms with E-state index in [-0.39, 0.29) is 12.4 Å². The molecule has 0 saturated heterocycles. The monoisotopic (exact) mass is 176 g/mol. The van der Waals surface area contributed by atoms with Crippen LogP contribution >= 0.6 is 0 Å². The highest BCUT2D eigenvalue weighted by Crippen LogP contribution is 2.16. The third-order valence-corrected chi connectivity index (χ3v) is 1.95. The van der Waals surface area contributed by atoms with E-state index >= 15 is 0 Å². The normalized spacial score (nSPS) is 9.69. The van der Waals surface area contributed by atoms with Gasteiger partial charge in [0.05, 0.1) is 6.61 Å². The molecule has 0 aliphatic rings. The highest BCUT2D eigenvalue weighted by atomic mass is 16.3. The van der Waals surface area contributed by atoms with Gasteiger partial charge < -0.3 is 5.11 Å². The van der Waals surface area contributed by atoms with Crippen LogP contribution in [-0.2, 0) is 6.61 Å². The van der Waals surface area contributed by atoms with Gasteiger partial charge in [0.1, 0.15) is 0 Å². The van der Waals surface area contributed by atoms with Gasteiger partial charge in [-0.15, -0.1) is 0 Å². The molecule has 13 heavy (non-hydrogen) atoms. The van der Waals surface area contributed by atoms with E-state index in [1.54, 1.807) is 24.3 Å². The van der Waals surface area contributed by atoms with Crippen LogP contribution in [0.1, 0.15) is 28.4 Å². The Morgan fingerprint density at radius 2 is 2.31 bits per heavy atom. The maximum atomic E-state index is 11.2. The Kier molecular flexibility index (Phi) is 2.98. The van der Waals surface area contributed by atoms with Gasteiger partial charge in [-0.05, 0) is 18.1 Å². The van der Waals surface area contributed by atoms with Crippen molar-refractivity contribution in [2.45, 2.75) is 13.5 Å². The van der Waals surface area contributed by atoms with Crippen LogP contribution in [0.15, 0.2) is 24.8 Å². The number of aliphatic hydroxyl groups is 1. The zero-order valence-electron chi connectivity index (χ0n) is 7.58. The highest BCUT2D eigenvalue weighted by Gasteiger charge is 2.07. The van der Waals surface area contributed by atoms with E-state index in [1.807, 2.05) is 0 Å². The van der Waals surface area contributed by atoms with Gasteiger partial charge in [0, 0.05) is 5.56 Å². The zero-order chi connectivity index (χ0) is 9.84. The predicted molar refractivity (Wildman–Crippen MR) is 52.5 cm³/mol. The van der Waals surface area contributed by atoms with E-state index in [0.717, 1.165) is 11.1 Å². The lowest BCUT2D eigenvalue weighted by Crippen LogP contribution is -1.99. The van der Waals surface area contributed by atoms with E-state index in [1.165, 1.54) is 6.92 Å². The molecule has 1 aromatic carbocycles. The molecule has 0 aromatic heterocycles. The van der Waals surface area contributed by atoms with Crippen LogP contribution < -0.4 is 0 Å². The summed E-state index contributed by atoms with van der Waals surface area (Å²) < 4.78 is 0. The summed E-state index contributed by atoms with van der Waals surface area (Å²) in [6.45, 7) is 5.06. The Morgan fingerprint density at radius 3 is 2.77 bits per heavy atom. The molecule has 0 atom stereocenters. The second kappa shape index (κ2) is 4.01.